The summed E-state index contributed by atoms with van der Waals surface area (Å²) in [5.74, 6) is 0. The lowest BCUT2D eigenvalue weighted by Crippen LogP contribution is -1.91. The van der Waals surface area contributed by atoms with E-state index in [4.69, 9.17) is 5.26 Å². The van der Waals surface area contributed by atoms with Gasteiger partial charge in [0.05, 0.1) is 5.56 Å². The number of rotatable bonds is 1. The van der Waals surface area contributed by atoms with Crippen LogP contribution in [0.4, 0.5) is 4.39 Å². The molecule has 0 saturated carbocycles. The van der Waals surface area contributed by atoms with Gasteiger partial charge in [-0.1, -0.05) is 0 Å². The molecule has 1 atom stereocenters. The molecule has 0 spiro atoms. The molecule has 1 aromatic rings. The van der Waals surface area contributed by atoms with E-state index in [2.05, 4.69) is 4.98 Å². The second kappa shape index (κ2) is 3.11. The number of pyridine rings is 1. The largest absolute Gasteiger partial charge is 0.263 e. The van der Waals surface area contributed by atoms with Gasteiger partial charge in [-0.3, -0.25) is 4.98 Å². The van der Waals surface area contributed by atoms with Crippen molar-refractivity contribution in [2.75, 3.05) is 0 Å². The maximum atomic E-state index is 12.7. The molecule has 1 aromatic heterocycles. The first-order valence-corrected chi connectivity index (χ1v) is 3.23. The van der Waals surface area contributed by atoms with Gasteiger partial charge in [0.2, 0.25) is 0 Å². The van der Waals surface area contributed by atoms with Gasteiger partial charge in [0.1, 0.15) is 12.2 Å². The fourth-order valence-electron chi connectivity index (χ4n) is 0.846. The van der Waals surface area contributed by atoms with Crippen LogP contribution in [-0.2, 0) is 0 Å². The van der Waals surface area contributed by atoms with Gasteiger partial charge >= 0.3 is 0 Å². The molecule has 0 N–H and O–H groups in total. The lowest BCUT2D eigenvalue weighted by molar-refractivity contribution is 0.373. The predicted molar refractivity (Wildman–Crippen MR) is 38.5 cm³/mol. The molecule has 3 heteroatoms. The summed E-state index contributed by atoms with van der Waals surface area (Å²) < 4.78 is 12.7. The third kappa shape index (κ3) is 1.53. The summed E-state index contributed by atoms with van der Waals surface area (Å²) in [6.07, 6.45) is 1.74. The molecule has 0 amide bonds. The number of aromatic nitrogens is 1. The van der Waals surface area contributed by atoms with Crippen molar-refractivity contribution in [3.05, 3.63) is 29.6 Å². The summed E-state index contributed by atoms with van der Waals surface area (Å²) in [6, 6.07) is 3.39. The zero-order valence-electron chi connectivity index (χ0n) is 6.08. The second-order valence-corrected chi connectivity index (χ2v) is 2.19. The van der Waals surface area contributed by atoms with E-state index in [0.717, 1.165) is 0 Å². The van der Waals surface area contributed by atoms with Gasteiger partial charge in [-0.15, -0.1) is 0 Å². The van der Waals surface area contributed by atoms with Crippen molar-refractivity contribution >= 4 is 0 Å². The molecule has 0 fully saturated rings. The number of hydrogen-bond donors (Lipinski definition) is 0. The van der Waals surface area contributed by atoms with Gasteiger partial charge in [0.15, 0.2) is 0 Å². The van der Waals surface area contributed by atoms with Crippen molar-refractivity contribution in [1.82, 2.24) is 4.98 Å². The smallest absolute Gasteiger partial charge is 0.124 e. The Bertz CT molecular complexity index is 288. The molecule has 0 bridgehead atoms. The van der Waals surface area contributed by atoms with Gasteiger partial charge in [-0.25, -0.2) is 4.39 Å². The highest BCUT2D eigenvalue weighted by atomic mass is 19.1. The average Bonchev–Trinajstić information content (AvgIpc) is 2.04. The van der Waals surface area contributed by atoms with Crippen LogP contribution < -0.4 is 0 Å². The zero-order chi connectivity index (χ0) is 8.27. The quantitative estimate of drug-likeness (QED) is 0.613. The highest BCUT2D eigenvalue weighted by molar-refractivity contribution is 5.35. The first kappa shape index (κ1) is 7.67. The first-order valence-electron chi connectivity index (χ1n) is 3.23. The fraction of sp³-hybridized carbons (Fsp3) is 0.250. The number of alkyl halides is 1. The van der Waals surface area contributed by atoms with Crippen LogP contribution >= 0.6 is 0 Å². The minimum absolute atomic E-state index is 0.308. The Morgan fingerprint density at radius 1 is 1.73 bits per heavy atom. The van der Waals surface area contributed by atoms with Crippen LogP contribution in [0.1, 0.15) is 24.2 Å². The number of nitriles is 1. The monoisotopic (exact) mass is 150 g/mol. The van der Waals surface area contributed by atoms with Crippen molar-refractivity contribution in [2.45, 2.75) is 13.1 Å². The summed E-state index contributed by atoms with van der Waals surface area (Å²) in [4.78, 5) is 3.71. The van der Waals surface area contributed by atoms with Crippen LogP contribution in [0.15, 0.2) is 18.5 Å². The Hall–Kier alpha value is -1.43. The van der Waals surface area contributed by atoms with Crippen molar-refractivity contribution in [2.24, 2.45) is 0 Å². The maximum absolute atomic E-state index is 12.7. The molecular formula is C8H7FN2. The highest BCUT2D eigenvalue weighted by Gasteiger charge is 2.07. The SMILES string of the molecule is CC(F)c1ccncc1C#N. The molecule has 0 radical (unpaired) electrons. The van der Waals surface area contributed by atoms with Gasteiger partial charge in [-0.05, 0) is 13.0 Å². The van der Waals surface area contributed by atoms with Gasteiger partial charge in [0, 0.05) is 18.0 Å². The topological polar surface area (TPSA) is 36.7 Å². The third-order valence-corrected chi connectivity index (χ3v) is 1.40. The normalized spacial score (nSPS) is 12.1. The van der Waals surface area contributed by atoms with Crippen LogP contribution in [0.3, 0.4) is 0 Å². The van der Waals surface area contributed by atoms with E-state index in [1.165, 1.54) is 25.4 Å². The van der Waals surface area contributed by atoms with Gasteiger partial charge in [-0.2, -0.15) is 5.26 Å². The molecule has 2 nitrogen and oxygen atoms in total. The lowest BCUT2D eigenvalue weighted by Gasteiger charge is -2.01. The standard InChI is InChI=1S/C8H7FN2/c1-6(9)8-2-3-11-5-7(8)4-10/h2-3,5-6H,1H3. The van der Waals surface area contributed by atoms with Gasteiger partial charge in [0.25, 0.3) is 0 Å². The molecular weight excluding hydrogens is 143 g/mol. The number of halogens is 1. The van der Waals surface area contributed by atoms with E-state index >= 15 is 0 Å². The predicted octanol–water partition coefficient (Wildman–Crippen LogP) is 1.98. The molecule has 0 aromatic carbocycles. The fourth-order valence-corrected chi connectivity index (χ4v) is 0.846. The van der Waals surface area contributed by atoms with E-state index in [9.17, 15) is 4.39 Å². The summed E-state index contributed by atoms with van der Waals surface area (Å²) >= 11 is 0. The third-order valence-electron chi connectivity index (χ3n) is 1.40. The molecule has 0 aliphatic heterocycles. The van der Waals surface area contributed by atoms with Crippen LogP contribution in [0.25, 0.3) is 0 Å². The summed E-state index contributed by atoms with van der Waals surface area (Å²) in [5, 5.41) is 8.51. The zero-order valence-corrected chi connectivity index (χ0v) is 6.08. The van der Waals surface area contributed by atoms with Crippen molar-refractivity contribution in [3.63, 3.8) is 0 Å². The Labute approximate surface area is 64.3 Å². The van der Waals surface area contributed by atoms with E-state index < -0.39 is 6.17 Å². The first-order chi connectivity index (χ1) is 5.25. The highest BCUT2D eigenvalue weighted by Crippen LogP contribution is 2.18. The Morgan fingerprint density at radius 2 is 2.45 bits per heavy atom. The van der Waals surface area contributed by atoms with Crippen LogP contribution in [0, 0.1) is 11.3 Å². The van der Waals surface area contributed by atoms with Crippen LogP contribution in [0.5, 0.6) is 0 Å². The van der Waals surface area contributed by atoms with Crippen LogP contribution in [-0.4, -0.2) is 4.98 Å². The summed E-state index contributed by atoms with van der Waals surface area (Å²) in [6.45, 7) is 1.40. The van der Waals surface area contributed by atoms with E-state index in [-0.39, 0.29) is 0 Å². The lowest BCUT2D eigenvalue weighted by atomic mass is 10.1. The number of nitrogens with zero attached hydrogens (tertiary/aromatic N) is 2. The van der Waals surface area contributed by atoms with Crippen molar-refractivity contribution in [3.8, 4) is 6.07 Å². The van der Waals surface area contributed by atoms with Crippen LogP contribution in [0.2, 0.25) is 0 Å². The molecule has 11 heavy (non-hydrogen) atoms. The number of hydrogen-bond acceptors (Lipinski definition) is 2. The second-order valence-electron chi connectivity index (χ2n) is 2.19. The minimum atomic E-state index is -1.10. The molecule has 0 aliphatic carbocycles. The van der Waals surface area contributed by atoms with Crippen molar-refractivity contribution in [1.29, 1.82) is 5.26 Å². The molecule has 1 unspecified atom stereocenters. The Balaban J connectivity index is 3.15. The Morgan fingerprint density at radius 3 is 2.91 bits per heavy atom. The van der Waals surface area contributed by atoms with Gasteiger partial charge < -0.3 is 0 Å². The van der Waals surface area contributed by atoms with E-state index in [1.807, 2.05) is 6.07 Å². The minimum Gasteiger partial charge on any atom is -0.263 e. The molecule has 1 heterocycles. The molecule has 56 valence electrons. The van der Waals surface area contributed by atoms with Crippen molar-refractivity contribution < 1.29 is 4.39 Å². The van der Waals surface area contributed by atoms with E-state index in [0.29, 0.717) is 11.1 Å². The Kier molecular flexibility index (Phi) is 2.17. The summed E-state index contributed by atoms with van der Waals surface area (Å²) in [5.41, 5.74) is 0.713. The average molecular weight is 150 g/mol. The summed E-state index contributed by atoms with van der Waals surface area (Å²) in [7, 11) is 0. The molecule has 1 rings (SSSR count). The molecule has 0 saturated heterocycles. The van der Waals surface area contributed by atoms with E-state index in [1.54, 1.807) is 0 Å². The maximum Gasteiger partial charge on any atom is 0.124 e. The molecule has 0 aliphatic rings.